The molecule has 20 heavy (non-hydrogen) atoms. The third-order valence-electron chi connectivity index (χ3n) is 2.52. The average molecular weight is 336 g/mol. The van der Waals surface area contributed by atoms with Crippen molar-refractivity contribution in [3.05, 3.63) is 21.3 Å². The highest BCUT2D eigenvalue weighted by Gasteiger charge is 2.32. The minimum Gasteiger partial charge on any atom is -0.480 e. The Morgan fingerprint density at radius 3 is 2.55 bits per heavy atom. The first-order chi connectivity index (χ1) is 9.20. The number of hydrogen-bond donors (Lipinski definition) is 2. The van der Waals surface area contributed by atoms with Gasteiger partial charge in [0.25, 0.3) is 0 Å². The van der Waals surface area contributed by atoms with Gasteiger partial charge in [0.2, 0.25) is 5.91 Å². The van der Waals surface area contributed by atoms with Crippen LogP contribution in [0, 0.1) is 5.41 Å². The monoisotopic (exact) mass is 335 g/mol. The number of thioether (sulfide) groups is 1. The summed E-state index contributed by atoms with van der Waals surface area (Å²) in [5.74, 6) is -0.353. The van der Waals surface area contributed by atoms with Gasteiger partial charge < -0.3 is 10.4 Å². The van der Waals surface area contributed by atoms with E-state index in [2.05, 4.69) is 5.32 Å². The van der Waals surface area contributed by atoms with E-state index in [9.17, 15) is 9.59 Å². The van der Waals surface area contributed by atoms with E-state index in [-0.39, 0.29) is 11.7 Å². The van der Waals surface area contributed by atoms with Crippen LogP contribution in [-0.4, -0.2) is 28.8 Å². The van der Waals surface area contributed by atoms with Crippen LogP contribution in [0.25, 0.3) is 0 Å². The van der Waals surface area contributed by atoms with Gasteiger partial charge in [-0.1, -0.05) is 32.4 Å². The summed E-state index contributed by atoms with van der Waals surface area (Å²) >= 11 is 8.74. The van der Waals surface area contributed by atoms with Gasteiger partial charge in [0, 0.05) is 10.6 Å². The van der Waals surface area contributed by atoms with Gasteiger partial charge in [-0.15, -0.1) is 23.1 Å². The van der Waals surface area contributed by atoms with Crippen molar-refractivity contribution in [2.24, 2.45) is 5.41 Å². The van der Waals surface area contributed by atoms with Gasteiger partial charge in [-0.05, 0) is 17.5 Å². The number of aliphatic carboxylic acids is 1. The Labute approximate surface area is 131 Å². The zero-order valence-corrected chi connectivity index (χ0v) is 14.0. The van der Waals surface area contributed by atoms with Gasteiger partial charge in [-0.3, -0.25) is 4.79 Å². The van der Waals surface area contributed by atoms with E-state index in [1.807, 2.05) is 12.1 Å². The first-order valence-electron chi connectivity index (χ1n) is 6.04. The smallest absolute Gasteiger partial charge is 0.326 e. The van der Waals surface area contributed by atoms with Crippen molar-refractivity contribution < 1.29 is 14.7 Å². The number of amides is 1. The van der Waals surface area contributed by atoms with Crippen molar-refractivity contribution in [1.82, 2.24) is 5.32 Å². The molecule has 0 aliphatic rings. The van der Waals surface area contributed by atoms with Crippen LogP contribution in [0.4, 0.5) is 0 Å². The number of carboxylic acids is 1. The minimum atomic E-state index is -1.01. The van der Waals surface area contributed by atoms with Crippen molar-refractivity contribution >= 4 is 46.6 Å². The van der Waals surface area contributed by atoms with Gasteiger partial charge in [0.1, 0.15) is 6.04 Å². The molecule has 0 aliphatic carbocycles. The fraction of sp³-hybridized carbons (Fsp3) is 0.538. The molecule has 0 aliphatic heterocycles. The topological polar surface area (TPSA) is 66.4 Å². The lowest BCUT2D eigenvalue weighted by atomic mass is 9.87. The molecule has 112 valence electrons. The van der Waals surface area contributed by atoms with E-state index < -0.39 is 17.4 Å². The normalized spacial score (nSPS) is 13.0. The molecule has 1 aromatic heterocycles. The lowest BCUT2D eigenvalue weighted by molar-refractivity contribution is -0.144. The van der Waals surface area contributed by atoms with E-state index in [4.69, 9.17) is 16.7 Å². The molecule has 0 spiro atoms. The number of carboxylic acid groups (broad SMARTS) is 1. The third-order valence-corrected chi connectivity index (χ3v) is 4.92. The van der Waals surface area contributed by atoms with E-state index in [1.165, 1.54) is 23.1 Å². The number of rotatable bonds is 6. The molecule has 0 bridgehead atoms. The predicted molar refractivity (Wildman–Crippen MR) is 84.5 cm³/mol. The van der Waals surface area contributed by atoms with Gasteiger partial charge in [0.05, 0.1) is 10.1 Å². The van der Waals surface area contributed by atoms with Crippen molar-refractivity contribution in [1.29, 1.82) is 0 Å². The highest BCUT2D eigenvalue weighted by molar-refractivity contribution is 7.99. The molecule has 7 heteroatoms. The van der Waals surface area contributed by atoms with Crippen LogP contribution in [0.15, 0.2) is 12.1 Å². The highest BCUT2D eigenvalue weighted by Crippen LogP contribution is 2.25. The molecule has 0 aromatic carbocycles. The highest BCUT2D eigenvalue weighted by atomic mass is 35.5. The lowest BCUT2D eigenvalue weighted by Gasteiger charge is -2.27. The molecule has 1 unspecified atom stereocenters. The molecule has 4 nitrogen and oxygen atoms in total. The summed E-state index contributed by atoms with van der Waals surface area (Å²) in [6, 6.07) is 2.86. The van der Waals surface area contributed by atoms with E-state index in [0.29, 0.717) is 5.75 Å². The van der Waals surface area contributed by atoms with Crippen molar-refractivity contribution in [3.8, 4) is 0 Å². The van der Waals surface area contributed by atoms with Gasteiger partial charge in [-0.25, -0.2) is 4.79 Å². The van der Waals surface area contributed by atoms with Crippen LogP contribution in [0.5, 0.6) is 0 Å². The van der Waals surface area contributed by atoms with Crippen LogP contribution in [0.3, 0.4) is 0 Å². The van der Waals surface area contributed by atoms with Gasteiger partial charge >= 0.3 is 5.97 Å². The summed E-state index contributed by atoms with van der Waals surface area (Å²) in [6.45, 7) is 5.35. The minimum absolute atomic E-state index is 0.232. The second-order valence-corrected chi connectivity index (χ2v) is 8.19. The second kappa shape index (κ2) is 7.33. The molecular formula is C13H18ClNO3S2. The molecular weight excluding hydrogens is 318 g/mol. The number of nitrogens with one attached hydrogen (secondary N) is 1. The number of carbonyl (C=O) groups is 2. The van der Waals surface area contributed by atoms with E-state index in [1.54, 1.807) is 20.8 Å². The number of carbonyl (C=O) groups excluding carboxylic acids is 1. The lowest BCUT2D eigenvalue weighted by Crippen LogP contribution is -2.49. The fourth-order valence-electron chi connectivity index (χ4n) is 1.52. The number of halogens is 1. The number of hydrogen-bond acceptors (Lipinski definition) is 4. The summed E-state index contributed by atoms with van der Waals surface area (Å²) in [5.41, 5.74) is -0.520. The van der Waals surface area contributed by atoms with Crippen LogP contribution in [-0.2, 0) is 15.3 Å². The zero-order valence-electron chi connectivity index (χ0n) is 11.6. The first kappa shape index (κ1) is 17.3. The molecule has 0 saturated carbocycles. The Morgan fingerprint density at radius 2 is 2.10 bits per heavy atom. The summed E-state index contributed by atoms with van der Waals surface area (Å²) < 4.78 is 0.726. The SMILES string of the molecule is CC(C)(C)C(NC(=O)CSCc1ccc(Cl)s1)C(=O)O. The van der Waals surface area contributed by atoms with Crippen LogP contribution in [0.1, 0.15) is 25.6 Å². The summed E-state index contributed by atoms with van der Waals surface area (Å²) in [6.07, 6.45) is 0. The molecule has 2 N–H and O–H groups in total. The van der Waals surface area contributed by atoms with Crippen LogP contribution < -0.4 is 5.32 Å². The Morgan fingerprint density at radius 1 is 1.45 bits per heavy atom. The maximum Gasteiger partial charge on any atom is 0.326 e. The maximum atomic E-state index is 11.8. The standard InChI is InChI=1S/C13H18ClNO3S2/c1-13(2,3)11(12(17)18)15-10(16)7-19-6-8-4-5-9(14)20-8/h4-5,11H,6-7H2,1-3H3,(H,15,16)(H,17,18). The molecule has 1 atom stereocenters. The van der Waals surface area contributed by atoms with E-state index >= 15 is 0 Å². The third kappa shape index (κ3) is 5.73. The molecule has 0 radical (unpaired) electrons. The van der Waals surface area contributed by atoms with Crippen molar-refractivity contribution in [3.63, 3.8) is 0 Å². The Kier molecular flexibility index (Phi) is 6.36. The maximum absolute atomic E-state index is 11.8. The molecule has 1 heterocycles. The quantitative estimate of drug-likeness (QED) is 0.837. The Bertz CT molecular complexity index is 482. The molecule has 0 saturated heterocycles. The van der Waals surface area contributed by atoms with Crippen molar-refractivity contribution in [2.45, 2.75) is 32.6 Å². The fourth-order valence-corrected chi connectivity index (χ4v) is 3.56. The Hall–Kier alpha value is -0.720. The van der Waals surface area contributed by atoms with E-state index in [0.717, 1.165) is 9.21 Å². The van der Waals surface area contributed by atoms with Gasteiger partial charge in [0.15, 0.2) is 0 Å². The first-order valence-corrected chi connectivity index (χ1v) is 8.39. The predicted octanol–water partition coefficient (Wildman–Crippen LogP) is 3.25. The summed E-state index contributed by atoms with van der Waals surface area (Å²) in [5, 5.41) is 11.7. The largest absolute Gasteiger partial charge is 0.480 e. The van der Waals surface area contributed by atoms with Gasteiger partial charge in [-0.2, -0.15) is 0 Å². The number of thiophene rings is 1. The Balaban J connectivity index is 2.41. The molecule has 1 rings (SSSR count). The van der Waals surface area contributed by atoms with Crippen molar-refractivity contribution in [2.75, 3.05) is 5.75 Å². The average Bonchev–Trinajstić information content (AvgIpc) is 2.70. The van der Waals surface area contributed by atoms with Crippen LogP contribution in [0.2, 0.25) is 4.34 Å². The zero-order chi connectivity index (χ0) is 15.3. The molecule has 1 aromatic rings. The second-order valence-electron chi connectivity index (χ2n) is 5.40. The molecule has 1 amide bonds. The summed E-state index contributed by atoms with van der Waals surface area (Å²) in [7, 11) is 0. The van der Waals surface area contributed by atoms with Crippen LogP contribution >= 0.6 is 34.7 Å². The summed E-state index contributed by atoms with van der Waals surface area (Å²) in [4.78, 5) is 24.0. The molecule has 0 fully saturated rings.